The van der Waals surface area contributed by atoms with Crippen molar-refractivity contribution in [1.82, 2.24) is 5.32 Å². The molecule has 106 valence electrons. The molecule has 0 heterocycles. The van der Waals surface area contributed by atoms with Gasteiger partial charge in [-0.1, -0.05) is 31.9 Å². The van der Waals surface area contributed by atoms with Crippen LogP contribution in [-0.4, -0.2) is 26.3 Å². The molecule has 1 aromatic carbocycles. The lowest BCUT2D eigenvalue weighted by molar-refractivity contribution is 0.246. The van der Waals surface area contributed by atoms with Crippen LogP contribution in [0.15, 0.2) is 24.3 Å². The van der Waals surface area contributed by atoms with Crippen molar-refractivity contribution in [2.75, 3.05) is 20.3 Å². The van der Waals surface area contributed by atoms with E-state index in [0.29, 0.717) is 12.6 Å². The highest BCUT2D eigenvalue weighted by molar-refractivity contribution is 5.39. The van der Waals surface area contributed by atoms with Crippen LogP contribution in [0.3, 0.4) is 0 Å². The van der Waals surface area contributed by atoms with Gasteiger partial charge >= 0.3 is 0 Å². The molecule has 0 aliphatic heterocycles. The van der Waals surface area contributed by atoms with Crippen molar-refractivity contribution in [2.45, 2.75) is 38.6 Å². The van der Waals surface area contributed by atoms with Crippen LogP contribution in [0, 0.1) is 5.92 Å². The summed E-state index contributed by atoms with van der Waals surface area (Å²) in [6.07, 6.45) is 5.40. The molecule has 0 bridgehead atoms. The lowest BCUT2D eigenvalue weighted by atomic mass is 9.86. The molecule has 2 unspecified atom stereocenters. The molecule has 3 nitrogen and oxygen atoms in total. The van der Waals surface area contributed by atoms with Crippen molar-refractivity contribution in [1.29, 1.82) is 0 Å². The molecule has 1 saturated carbocycles. The molecule has 19 heavy (non-hydrogen) atoms. The summed E-state index contributed by atoms with van der Waals surface area (Å²) in [5.41, 5.74) is 0. The van der Waals surface area contributed by atoms with Crippen molar-refractivity contribution in [2.24, 2.45) is 5.92 Å². The van der Waals surface area contributed by atoms with E-state index in [2.05, 4.69) is 12.2 Å². The number of hydrogen-bond donors (Lipinski definition) is 1. The van der Waals surface area contributed by atoms with E-state index in [0.717, 1.165) is 24.0 Å². The normalized spacial score (nSPS) is 23.1. The molecule has 1 aliphatic rings. The smallest absolute Gasteiger partial charge is 0.161 e. The van der Waals surface area contributed by atoms with Crippen LogP contribution in [0.4, 0.5) is 0 Å². The molecule has 0 spiro atoms. The molecule has 2 rings (SSSR count). The second-order valence-electron chi connectivity index (χ2n) is 5.32. The molecule has 3 heteroatoms. The minimum absolute atomic E-state index is 0.662. The maximum atomic E-state index is 5.77. The van der Waals surface area contributed by atoms with Crippen molar-refractivity contribution in [3.8, 4) is 11.5 Å². The van der Waals surface area contributed by atoms with Gasteiger partial charge in [0.15, 0.2) is 11.5 Å². The SMILES string of the molecule is COc1ccccc1OCCNC1CCCCC1C. The van der Waals surface area contributed by atoms with E-state index in [-0.39, 0.29) is 0 Å². The fourth-order valence-electron chi connectivity index (χ4n) is 2.76. The van der Waals surface area contributed by atoms with Gasteiger partial charge in [0.25, 0.3) is 0 Å². The van der Waals surface area contributed by atoms with Crippen molar-refractivity contribution < 1.29 is 9.47 Å². The number of nitrogens with one attached hydrogen (secondary N) is 1. The number of methoxy groups -OCH3 is 1. The minimum atomic E-state index is 0.662. The summed E-state index contributed by atoms with van der Waals surface area (Å²) >= 11 is 0. The van der Waals surface area contributed by atoms with E-state index >= 15 is 0 Å². The second-order valence-corrected chi connectivity index (χ2v) is 5.32. The van der Waals surface area contributed by atoms with E-state index in [1.165, 1.54) is 25.7 Å². The van der Waals surface area contributed by atoms with Crippen molar-refractivity contribution >= 4 is 0 Å². The Morgan fingerprint density at radius 3 is 2.63 bits per heavy atom. The molecule has 0 amide bonds. The summed E-state index contributed by atoms with van der Waals surface area (Å²) in [6, 6.07) is 8.45. The molecule has 0 radical (unpaired) electrons. The standard InChI is InChI=1S/C16H25NO2/c1-13-7-3-4-8-14(13)17-11-12-19-16-10-6-5-9-15(16)18-2/h5-6,9-10,13-14,17H,3-4,7-8,11-12H2,1-2H3. The Labute approximate surface area is 116 Å². The molecule has 1 N–H and O–H groups in total. The predicted molar refractivity (Wildman–Crippen MR) is 77.9 cm³/mol. The third-order valence-corrected chi connectivity index (χ3v) is 3.95. The molecular formula is C16H25NO2. The predicted octanol–water partition coefficient (Wildman–Crippen LogP) is 3.24. The zero-order chi connectivity index (χ0) is 13.5. The van der Waals surface area contributed by atoms with Crippen LogP contribution in [0.1, 0.15) is 32.6 Å². The van der Waals surface area contributed by atoms with Crippen molar-refractivity contribution in [3.05, 3.63) is 24.3 Å². The molecule has 0 saturated heterocycles. The zero-order valence-corrected chi connectivity index (χ0v) is 12.0. The van der Waals surface area contributed by atoms with E-state index < -0.39 is 0 Å². The highest BCUT2D eigenvalue weighted by atomic mass is 16.5. The van der Waals surface area contributed by atoms with E-state index in [1.807, 2.05) is 24.3 Å². The van der Waals surface area contributed by atoms with Crippen LogP contribution in [-0.2, 0) is 0 Å². The Bertz CT molecular complexity index is 381. The van der Waals surface area contributed by atoms with Gasteiger partial charge in [-0.05, 0) is 30.9 Å². The van der Waals surface area contributed by atoms with Gasteiger partial charge in [-0.2, -0.15) is 0 Å². The summed E-state index contributed by atoms with van der Waals surface area (Å²) in [4.78, 5) is 0. The van der Waals surface area contributed by atoms with Gasteiger partial charge in [0, 0.05) is 12.6 Å². The molecule has 1 aliphatic carbocycles. The Kier molecular flexibility index (Phi) is 5.52. The van der Waals surface area contributed by atoms with Crippen molar-refractivity contribution in [3.63, 3.8) is 0 Å². The third kappa shape index (κ3) is 4.13. The van der Waals surface area contributed by atoms with E-state index in [9.17, 15) is 0 Å². The van der Waals surface area contributed by atoms with Gasteiger partial charge in [-0.15, -0.1) is 0 Å². The van der Waals surface area contributed by atoms with Gasteiger partial charge in [-0.25, -0.2) is 0 Å². The first-order valence-electron chi connectivity index (χ1n) is 7.30. The second kappa shape index (κ2) is 7.39. The summed E-state index contributed by atoms with van der Waals surface area (Å²) in [5, 5.41) is 3.61. The summed E-state index contributed by atoms with van der Waals surface area (Å²) < 4.78 is 11.0. The first-order chi connectivity index (χ1) is 9.31. The lowest BCUT2D eigenvalue weighted by Crippen LogP contribution is -2.39. The fraction of sp³-hybridized carbons (Fsp3) is 0.625. The van der Waals surface area contributed by atoms with Crippen LogP contribution in [0.5, 0.6) is 11.5 Å². The molecule has 0 aromatic heterocycles. The first kappa shape index (κ1) is 14.2. The highest BCUT2D eigenvalue weighted by Crippen LogP contribution is 2.26. The van der Waals surface area contributed by atoms with Gasteiger partial charge in [-0.3, -0.25) is 0 Å². The van der Waals surface area contributed by atoms with Crippen LogP contribution in [0.25, 0.3) is 0 Å². The maximum Gasteiger partial charge on any atom is 0.161 e. The Balaban J connectivity index is 1.71. The number of rotatable bonds is 6. The number of ether oxygens (including phenoxy) is 2. The number of para-hydroxylation sites is 2. The van der Waals surface area contributed by atoms with Crippen LogP contribution in [0.2, 0.25) is 0 Å². The zero-order valence-electron chi connectivity index (χ0n) is 12.0. The van der Waals surface area contributed by atoms with Crippen LogP contribution < -0.4 is 14.8 Å². The number of hydrogen-bond acceptors (Lipinski definition) is 3. The largest absolute Gasteiger partial charge is 0.493 e. The monoisotopic (exact) mass is 263 g/mol. The highest BCUT2D eigenvalue weighted by Gasteiger charge is 2.20. The Hall–Kier alpha value is -1.22. The van der Waals surface area contributed by atoms with Gasteiger partial charge < -0.3 is 14.8 Å². The summed E-state index contributed by atoms with van der Waals surface area (Å²) in [5.74, 6) is 2.41. The first-order valence-corrected chi connectivity index (χ1v) is 7.30. The molecular weight excluding hydrogens is 238 g/mol. The third-order valence-electron chi connectivity index (χ3n) is 3.95. The average Bonchev–Trinajstić information content (AvgIpc) is 2.45. The van der Waals surface area contributed by atoms with E-state index in [4.69, 9.17) is 9.47 Å². The van der Waals surface area contributed by atoms with Gasteiger partial charge in [0.1, 0.15) is 6.61 Å². The Morgan fingerprint density at radius 2 is 1.89 bits per heavy atom. The van der Waals surface area contributed by atoms with Gasteiger partial charge in [0.05, 0.1) is 7.11 Å². The maximum absolute atomic E-state index is 5.77. The number of benzene rings is 1. The quantitative estimate of drug-likeness (QED) is 0.799. The molecule has 2 atom stereocenters. The summed E-state index contributed by atoms with van der Waals surface area (Å²) in [6.45, 7) is 3.93. The molecule has 1 aromatic rings. The Morgan fingerprint density at radius 1 is 1.16 bits per heavy atom. The van der Waals surface area contributed by atoms with Crippen LogP contribution >= 0.6 is 0 Å². The topological polar surface area (TPSA) is 30.5 Å². The van der Waals surface area contributed by atoms with Gasteiger partial charge in [0.2, 0.25) is 0 Å². The lowest BCUT2D eigenvalue weighted by Gasteiger charge is -2.29. The summed E-state index contributed by atoms with van der Waals surface area (Å²) in [7, 11) is 1.67. The fourth-order valence-corrected chi connectivity index (χ4v) is 2.76. The van der Waals surface area contributed by atoms with E-state index in [1.54, 1.807) is 7.11 Å². The minimum Gasteiger partial charge on any atom is -0.493 e. The molecule has 1 fully saturated rings. The average molecular weight is 263 g/mol.